The first-order chi connectivity index (χ1) is 9.20. The number of nitrogens with two attached hydrogens (primary N) is 1. The minimum atomic E-state index is -0.00854. The van der Waals surface area contributed by atoms with E-state index in [0.29, 0.717) is 0 Å². The van der Waals surface area contributed by atoms with E-state index in [1.54, 1.807) is 0 Å². The Bertz CT molecular complexity index is 497. The second kappa shape index (κ2) is 6.33. The molecule has 0 radical (unpaired) electrons. The van der Waals surface area contributed by atoms with E-state index in [1.165, 1.54) is 0 Å². The first-order valence-electron chi connectivity index (χ1n) is 6.16. The van der Waals surface area contributed by atoms with Crippen molar-refractivity contribution in [1.82, 2.24) is 10.3 Å². The third-order valence-electron chi connectivity index (χ3n) is 2.85. The van der Waals surface area contributed by atoms with Crippen molar-refractivity contribution in [2.24, 2.45) is 5.84 Å². The van der Waals surface area contributed by atoms with E-state index in [1.807, 2.05) is 73.6 Å². The second-order valence-corrected chi connectivity index (χ2v) is 4.52. The number of nitrogens with zero attached hydrogens (tertiary/aromatic N) is 1. The standard InChI is InChI=1S/C15H19N3O/c1-18(2)15(17-16)12-8-10-14(11-9-12)19-13-6-4-3-5-7-13/h3-11,15,17H,16H2,1-2H3. The van der Waals surface area contributed by atoms with Crippen LogP contribution in [0.15, 0.2) is 54.6 Å². The lowest BCUT2D eigenvalue weighted by atomic mass is 10.1. The summed E-state index contributed by atoms with van der Waals surface area (Å²) < 4.78 is 5.74. The molecule has 0 bridgehead atoms. The highest BCUT2D eigenvalue weighted by Gasteiger charge is 2.11. The third-order valence-corrected chi connectivity index (χ3v) is 2.85. The van der Waals surface area contributed by atoms with Gasteiger partial charge in [0.2, 0.25) is 0 Å². The Morgan fingerprint density at radius 2 is 1.53 bits per heavy atom. The molecule has 0 aliphatic heterocycles. The van der Waals surface area contributed by atoms with Crippen molar-refractivity contribution < 1.29 is 4.74 Å². The molecule has 2 aromatic rings. The van der Waals surface area contributed by atoms with E-state index in [2.05, 4.69) is 5.43 Å². The molecule has 4 heteroatoms. The normalized spacial score (nSPS) is 12.4. The van der Waals surface area contributed by atoms with E-state index in [-0.39, 0.29) is 6.17 Å². The average Bonchev–Trinajstić information content (AvgIpc) is 2.42. The van der Waals surface area contributed by atoms with Gasteiger partial charge < -0.3 is 4.74 Å². The molecular weight excluding hydrogens is 238 g/mol. The zero-order chi connectivity index (χ0) is 13.7. The van der Waals surface area contributed by atoms with E-state index in [0.717, 1.165) is 17.1 Å². The lowest BCUT2D eigenvalue weighted by Gasteiger charge is -2.23. The van der Waals surface area contributed by atoms with Crippen molar-refractivity contribution in [3.05, 3.63) is 60.2 Å². The van der Waals surface area contributed by atoms with Crippen molar-refractivity contribution in [1.29, 1.82) is 0 Å². The third kappa shape index (κ3) is 3.54. The first-order valence-corrected chi connectivity index (χ1v) is 6.16. The number of hydrogen-bond acceptors (Lipinski definition) is 4. The first kappa shape index (κ1) is 13.5. The Morgan fingerprint density at radius 1 is 0.947 bits per heavy atom. The van der Waals surface area contributed by atoms with Crippen molar-refractivity contribution in [2.45, 2.75) is 6.17 Å². The van der Waals surface area contributed by atoms with Gasteiger partial charge in [-0.3, -0.25) is 10.7 Å². The molecule has 0 aliphatic rings. The van der Waals surface area contributed by atoms with Gasteiger partial charge in [-0.25, -0.2) is 5.43 Å². The average molecular weight is 257 g/mol. The van der Waals surface area contributed by atoms with Gasteiger partial charge >= 0.3 is 0 Å². The molecule has 1 unspecified atom stereocenters. The number of hydrogen-bond donors (Lipinski definition) is 2. The minimum absolute atomic E-state index is 0.00854. The summed E-state index contributed by atoms with van der Waals surface area (Å²) >= 11 is 0. The molecule has 3 N–H and O–H groups in total. The highest BCUT2D eigenvalue weighted by molar-refractivity contribution is 5.33. The SMILES string of the molecule is CN(C)C(NN)c1ccc(Oc2ccccc2)cc1. The van der Waals surface area contributed by atoms with Crippen molar-refractivity contribution in [3.63, 3.8) is 0 Å². The molecule has 2 aromatic carbocycles. The fraction of sp³-hybridized carbons (Fsp3) is 0.200. The summed E-state index contributed by atoms with van der Waals surface area (Å²) in [5.41, 5.74) is 3.86. The second-order valence-electron chi connectivity index (χ2n) is 4.52. The predicted octanol–water partition coefficient (Wildman–Crippen LogP) is 2.50. The Labute approximate surface area is 113 Å². The number of ether oxygens (including phenoxy) is 1. The molecular formula is C15H19N3O. The zero-order valence-corrected chi connectivity index (χ0v) is 11.2. The molecule has 0 saturated heterocycles. The van der Waals surface area contributed by atoms with Crippen LogP contribution in [-0.2, 0) is 0 Å². The van der Waals surface area contributed by atoms with Crippen LogP contribution >= 0.6 is 0 Å². The lowest BCUT2D eigenvalue weighted by Crippen LogP contribution is -2.37. The van der Waals surface area contributed by atoms with Gasteiger partial charge in [0, 0.05) is 0 Å². The summed E-state index contributed by atoms with van der Waals surface area (Å²) in [7, 11) is 3.94. The van der Waals surface area contributed by atoms with Crippen LogP contribution in [0.5, 0.6) is 11.5 Å². The van der Waals surface area contributed by atoms with E-state index in [4.69, 9.17) is 10.6 Å². The number of rotatable bonds is 5. The number of benzene rings is 2. The maximum atomic E-state index is 5.74. The fourth-order valence-electron chi connectivity index (χ4n) is 1.89. The molecule has 19 heavy (non-hydrogen) atoms. The van der Waals surface area contributed by atoms with Crippen LogP contribution in [0.2, 0.25) is 0 Å². The Kier molecular flexibility index (Phi) is 4.52. The van der Waals surface area contributed by atoms with Gasteiger partial charge in [0.1, 0.15) is 11.5 Å². The van der Waals surface area contributed by atoms with Crippen LogP contribution in [0.4, 0.5) is 0 Å². The van der Waals surface area contributed by atoms with Gasteiger partial charge in [0.05, 0.1) is 6.17 Å². The van der Waals surface area contributed by atoms with Gasteiger partial charge in [-0.2, -0.15) is 0 Å². The molecule has 0 fully saturated rings. The quantitative estimate of drug-likeness (QED) is 0.491. The van der Waals surface area contributed by atoms with Crippen LogP contribution < -0.4 is 16.0 Å². The number of para-hydroxylation sites is 1. The van der Waals surface area contributed by atoms with E-state index >= 15 is 0 Å². The molecule has 100 valence electrons. The van der Waals surface area contributed by atoms with Crippen LogP contribution in [-0.4, -0.2) is 19.0 Å². The van der Waals surface area contributed by atoms with E-state index in [9.17, 15) is 0 Å². The zero-order valence-electron chi connectivity index (χ0n) is 11.2. The maximum Gasteiger partial charge on any atom is 0.127 e. The van der Waals surface area contributed by atoms with Gasteiger partial charge in [0.25, 0.3) is 0 Å². The van der Waals surface area contributed by atoms with Gasteiger partial charge in [0.15, 0.2) is 0 Å². The Morgan fingerprint density at radius 3 is 2.05 bits per heavy atom. The van der Waals surface area contributed by atoms with Gasteiger partial charge in [-0.15, -0.1) is 0 Å². The molecule has 1 atom stereocenters. The van der Waals surface area contributed by atoms with Gasteiger partial charge in [-0.1, -0.05) is 30.3 Å². The highest BCUT2D eigenvalue weighted by atomic mass is 16.5. The maximum absolute atomic E-state index is 5.74. The molecule has 2 rings (SSSR count). The monoisotopic (exact) mass is 257 g/mol. The lowest BCUT2D eigenvalue weighted by molar-refractivity contribution is 0.253. The summed E-state index contributed by atoms with van der Waals surface area (Å²) in [6, 6.07) is 17.6. The minimum Gasteiger partial charge on any atom is -0.457 e. The molecule has 0 spiro atoms. The molecule has 0 saturated carbocycles. The van der Waals surface area contributed by atoms with Crippen molar-refractivity contribution >= 4 is 0 Å². The summed E-state index contributed by atoms with van der Waals surface area (Å²) in [6.45, 7) is 0. The molecule has 0 aromatic heterocycles. The molecule has 4 nitrogen and oxygen atoms in total. The number of hydrazine groups is 1. The van der Waals surface area contributed by atoms with Crippen molar-refractivity contribution in [3.8, 4) is 11.5 Å². The molecule has 0 amide bonds. The van der Waals surface area contributed by atoms with Crippen LogP contribution in [0, 0.1) is 0 Å². The number of nitrogens with one attached hydrogen (secondary N) is 1. The van der Waals surface area contributed by atoms with Crippen LogP contribution in [0.1, 0.15) is 11.7 Å². The Hall–Kier alpha value is -1.88. The highest BCUT2D eigenvalue weighted by Crippen LogP contribution is 2.23. The topological polar surface area (TPSA) is 50.5 Å². The summed E-state index contributed by atoms with van der Waals surface area (Å²) in [5.74, 6) is 7.18. The summed E-state index contributed by atoms with van der Waals surface area (Å²) in [5, 5.41) is 0. The van der Waals surface area contributed by atoms with Crippen molar-refractivity contribution in [2.75, 3.05) is 14.1 Å². The van der Waals surface area contributed by atoms with Gasteiger partial charge in [-0.05, 0) is 43.9 Å². The summed E-state index contributed by atoms with van der Waals surface area (Å²) in [6.07, 6.45) is -0.00854. The predicted molar refractivity (Wildman–Crippen MR) is 76.7 cm³/mol. The summed E-state index contributed by atoms with van der Waals surface area (Å²) in [4.78, 5) is 2.01. The molecule has 0 aliphatic carbocycles. The fourth-order valence-corrected chi connectivity index (χ4v) is 1.89. The Balaban J connectivity index is 2.10. The molecule has 0 heterocycles. The van der Waals surface area contributed by atoms with E-state index < -0.39 is 0 Å². The van der Waals surface area contributed by atoms with Crippen LogP contribution in [0.25, 0.3) is 0 Å². The smallest absolute Gasteiger partial charge is 0.127 e. The largest absolute Gasteiger partial charge is 0.457 e. The van der Waals surface area contributed by atoms with Crippen LogP contribution in [0.3, 0.4) is 0 Å².